The van der Waals surface area contributed by atoms with Gasteiger partial charge in [-0.25, -0.2) is 0 Å². The van der Waals surface area contributed by atoms with Gasteiger partial charge in [0.05, 0.1) is 40.8 Å². The Labute approximate surface area is 172 Å². The van der Waals surface area contributed by atoms with E-state index in [1.54, 1.807) is 24.3 Å². The predicted octanol–water partition coefficient (Wildman–Crippen LogP) is 5.53. The van der Waals surface area contributed by atoms with Gasteiger partial charge in [0.25, 0.3) is 5.91 Å². The molecule has 29 heavy (non-hydrogen) atoms. The zero-order chi connectivity index (χ0) is 21.4. The van der Waals surface area contributed by atoms with E-state index in [2.05, 4.69) is 24.1 Å². The van der Waals surface area contributed by atoms with Crippen LogP contribution >= 0.6 is 11.6 Å². The number of nitrogens with one attached hydrogen (secondary N) is 1. The molecule has 3 rings (SSSR count). The minimum atomic E-state index is -4.45. The third-order valence-corrected chi connectivity index (χ3v) is 5.43. The normalized spacial score (nSPS) is 18.9. The SMILES string of the molecule is CC1(C)CC(OCC(C)(CC(F)(F)F)NC(=O)c2cnc3c(Cl)cccc3c2)C1. The van der Waals surface area contributed by atoms with E-state index < -0.39 is 24.0 Å². The molecule has 1 aliphatic rings. The molecule has 0 spiro atoms. The summed E-state index contributed by atoms with van der Waals surface area (Å²) in [5.41, 5.74) is -0.747. The third kappa shape index (κ3) is 5.60. The molecule has 0 bridgehead atoms. The van der Waals surface area contributed by atoms with Gasteiger partial charge in [0, 0.05) is 11.6 Å². The van der Waals surface area contributed by atoms with E-state index in [0.29, 0.717) is 15.9 Å². The number of nitrogens with zero attached hydrogens (tertiary/aromatic N) is 1. The first-order valence-electron chi connectivity index (χ1n) is 9.41. The molecule has 1 amide bonds. The average Bonchev–Trinajstić information content (AvgIpc) is 2.56. The van der Waals surface area contributed by atoms with Gasteiger partial charge in [0.2, 0.25) is 0 Å². The van der Waals surface area contributed by atoms with Crippen LogP contribution in [0.3, 0.4) is 0 Å². The maximum absolute atomic E-state index is 13.2. The maximum atomic E-state index is 13.2. The first-order chi connectivity index (χ1) is 13.4. The summed E-state index contributed by atoms with van der Waals surface area (Å²) in [6.07, 6.45) is -2.82. The van der Waals surface area contributed by atoms with Gasteiger partial charge in [-0.15, -0.1) is 0 Å². The summed E-state index contributed by atoms with van der Waals surface area (Å²) in [6, 6.07) is 6.69. The van der Waals surface area contributed by atoms with Crippen molar-refractivity contribution in [2.24, 2.45) is 5.41 Å². The maximum Gasteiger partial charge on any atom is 0.391 e. The summed E-state index contributed by atoms with van der Waals surface area (Å²) in [6.45, 7) is 5.31. The number of benzene rings is 1. The first kappa shape index (κ1) is 21.8. The number of hydrogen-bond donors (Lipinski definition) is 1. The summed E-state index contributed by atoms with van der Waals surface area (Å²) >= 11 is 6.07. The van der Waals surface area contributed by atoms with Crippen LogP contribution in [0.4, 0.5) is 13.2 Å². The number of ether oxygens (including phenoxy) is 1. The number of amides is 1. The minimum absolute atomic E-state index is 0.0843. The van der Waals surface area contributed by atoms with Crippen molar-refractivity contribution in [2.75, 3.05) is 6.61 Å². The van der Waals surface area contributed by atoms with Crippen LogP contribution in [0.25, 0.3) is 10.9 Å². The highest BCUT2D eigenvalue weighted by atomic mass is 35.5. The smallest absolute Gasteiger partial charge is 0.376 e. The lowest BCUT2D eigenvalue weighted by Gasteiger charge is -2.44. The molecule has 4 nitrogen and oxygen atoms in total. The number of hydrogen-bond acceptors (Lipinski definition) is 3. The molecule has 0 saturated heterocycles. The number of alkyl halides is 3. The van der Waals surface area contributed by atoms with Crippen LogP contribution in [0.2, 0.25) is 5.02 Å². The highest BCUT2D eigenvalue weighted by Crippen LogP contribution is 2.42. The van der Waals surface area contributed by atoms with Crippen LogP contribution in [-0.2, 0) is 4.74 Å². The molecule has 1 fully saturated rings. The van der Waals surface area contributed by atoms with Gasteiger partial charge >= 0.3 is 6.18 Å². The van der Waals surface area contributed by atoms with Gasteiger partial charge in [-0.1, -0.05) is 37.6 Å². The van der Waals surface area contributed by atoms with Crippen molar-refractivity contribution in [3.63, 3.8) is 0 Å². The fourth-order valence-electron chi connectivity index (χ4n) is 3.76. The largest absolute Gasteiger partial charge is 0.391 e. The van der Waals surface area contributed by atoms with Crippen LogP contribution in [0.1, 0.15) is 50.4 Å². The summed E-state index contributed by atoms with van der Waals surface area (Å²) in [7, 11) is 0. The molecule has 1 heterocycles. The Morgan fingerprint density at radius 1 is 1.34 bits per heavy atom. The van der Waals surface area contributed by atoms with E-state index in [0.717, 1.165) is 12.8 Å². The molecule has 1 aliphatic carbocycles. The van der Waals surface area contributed by atoms with E-state index in [4.69, 9.17) is 16.3 Å². The number of carbonyl (C=O) groups is 1. The van der Waals surface area contributed by atoms with Crippen LogP contribution in [0, 0.1) is 5.41 Å². The number of halogens is 4. The third-order valence-electron chi connectivity index (χ3n) is 5.13. The van der Waals surface area contributed by atoms with E-state index in [-0.39, 0.29) is 23.7 Å². The highest BCUT2D eigenvalue weighted by molar-refractivity contribution is 6.35. The van der Waals surface area contributed by atoms with E-state index >= 15 is 0 Å². The Hall–Kier alpha value is -1.86. The van der Waals surface area contributed by atoms with Crippen molar-refractivity contribution in [2.45, 2.75) is 57.9 Å². The zero-order valence-corrected chi connectivity index (χ0v) is 17.3. The van der Waals surface area contributed by atoms with Gasteiger partial charge in [-0.05, 0) is 37.3 Å². The summed E-state index contributed by atoms with van der Waals surface area (Å²) in [5.74, 6) is -0.635. The number of fused-ring (bicyclic) bond motifs is 1. The van der Waals surface area contributed by atoms with Crippen LogP contribution in [0.5, 0.6) is 0 Å². The van der Waals surface area contributed by atoms with Crippen molar-refractivity contribution >= 4 is 28.4 Å². The molecule has 0 aliphatic heterocycles. The fourth-order valence-corrected chi connectivity index (χ4v) is 3.99. The van der Waals surface area contributed by atoms with Gasteiger partial charge in [-0.3, -0.25) is 9.78 Å². The van der Waals surface area contributed by atoms with Crippen molar-refractivity contribution in [3.05, 3.63) is 41.0 Å². The monoisotopic (exact) mass is 428 g/mol. The van der Waals surface area contributed by atoms with Crippen LogP contribution in [-0.4, -0.2) is 35.3 Å². The fraction of sp³-hybridized carbons (Fsp3) is 0.524. The van der Waals surface area contributed by atoms with Crippen LogP contribution in [0.15, 0.2) is 30.5 Å². The van der Waals surface area contributed by atoms with Gasteiger partial charge < -0.3 is 10.1 Å². The Morgan fingerprint density at radius 3 is 2.66 bits per heavy atom. The Bertz CT molecular complexity index is 908. The van der Waals surface area contributed by atoms with E-state index in [9.17, 15) is 18.0 Å². The molecular weight excluding hydrogens is 405 g/mol. The molecule has 8 heteroatoms. The quantitative estimate of drug-likeness (QED) is 0.657. The number of aromatic nitrogens is 1. The Morgan fingerprint density at radius 2 is 2.03 bits per heavy atom. The van der Waals surface area contributed by atoms with Crippen molar-refractivity contribution in [3.8, 4) is 0 Å². The summed E-state index contributed by atoms with van der Waals surface area (Å²) in [5, 5.41) is 3.59. The van der Waals surface area contributed by atoms with E-state index in [1.165, 1.54) is 13.1 Å². The standard InChI is InChI=1S/C21H24ClF3N2O2/c1-19(2)8-15(9-19)29-12-20(3,11-21(23,24)25)27-18(28)14-7-13-5-4-6-16(22)17(13)26-10-14/h4-7,10,15H,8-9,11-12H2,1-3H3,(H,27,28). The number of para-hydroxylation sites is 1. The second kappa shape index (κ2) is 7.76. The molecule has 1 saturated carbocycles. The Kier molecular flexibility index (Phi) is 5.84. The predicted molar refractivity (Wildman–Crippen MR) is 106 cm³/mol. The topological polar surface area (TPSA) is 51.2 Å². The number of carbonyl (C=O) groups excluding carboxylic acids is 1. The second-order valence-corrected chi connectivity index (χ2v) is 9.25. The lowest BCUT2D eigenvalue weighted by atomic mass is 9.70. The molecular formula is C21H24ClF3N2O2. The molecule has 1 N–H and O–H groups in total. The van der Waals surface area contributed by atoms with Crippen molar-refractivity contribution in [1.29, 1.82) is 0 Å². The van der Waals surface area contributed by atoms with Gasteiger partial charge in [0.1, 0.15) is 0 Å². The highest BCUT2D eigenvalue weighted by Gasteiger charge is 2.43. The summed E-state index contributed by atoms with van der Waals surface area (Å²) in [4.78, 5) is 16.9. The molecule has 1 aromatic heterocycles. The average molecular weight is 429 g/mol. The molecule has 158 valence electrons. The second-order valence-electron chi connectivity index (χ2n) is 8.85. The van der Waals surface area contributed by atoms with Crippen molar-refractivity contribution < 1.29 is 22.7 Å². The molecule has 1 aromatic carbocycles. The summed E-state index contributed by atoms with van der Waals surface area (Å²) < 4.78 is 45.2. The molecule has 0 radical (unpaired) electrons. The van der Waals surface area contributed by atoms with Gasteiger partial charge in [0.15, 0.2) is 0 Å². The lowest BCUT2D eigenvalue weighted by molar-refractivity contribution is -0.160. The molecule has 1 unspecified atom stereocenters. The Balaban J connectivity index is 1.74. The van der Waals surface area contributed by atoms with E-state index in [1.807, 2.05) is 0 Å². The number of pyridine rings is 1. The van der Waals surface area contributed by atoms with Crippen LogP contribution < -0.4 is 5.32 Å². The lowest BCUT2D eigenvalue weighted by Crippen LogP contribution is -2.53. The molecule has 2 aromatic rings. The van der Waals surface area contributed by atoms with Crippen molar-refractivity contribution in [1.82, 2.24) is 10.3 Å². The minimum Gasteiger partial charge on any atom is -0.376 e. The zero-order valence-electron chi connectivity index (χ0n) is 16.6. The first-order valence-corrected chi connectivity index (χ1v) is 9.79. The molecule has 1 atom stereocenters. The number of rotatable bonds is 6. The van der Waals surface area contributed by atoms with Gasteiger partial charge in [-0.2, -0.15) is 13.2 Å².